The monoisotopic (exact) mass is 410 g/mol. The molecule has 0 saturated carbocycles. The summed E-state index contributed by atoms with van der Waals surface area (Å²) in [4.78, 5) is 37.8. The lowest BCUT2D eigenvalue weighted by molar-refractivity contribution is -0.151. The average molecular weight is 410 g/mol. The number of amides is 2. The van der Waals surface area contributed by atoms with Crippen molar-refractivity contribution in [3.63, 3.8) is 0 Å². The molecule has 30 heavy (non-hydrogen) atoms. The zero-order valence-corrected chi connectivity index (χ0v) is 15.8. The summed E-state index contributed by atoms with van der Waals surface area (Å²) in [7, 11) is 0. The van der Waals surface area contributed by atoms with E-state index in [1.165, 1.54) is 11.2 Å². The van der Waals surface area contributed by atoms with Crippen molar-refractivity contribution in [2.24, 2.45) is 5.92 Å². The molecule has 2 aromatic heterocycles. The first-order valence-electron chi connectivity index (χ1n) is 9.24. The zero-order chi connectivity index (χ0) is 20.9. The van der Waals surface area contributed by atoms with E-state index in [2.05, 4.69) is 15.5 Å². The first-order valence-corrected chi connectivity index (χ1v) is 9.24. The van der Waals surface area contributed by atoms with Gasteiger partial charge in [0.1, 0.15) is 5.76 Å². The average Bonchev–Trinajstić information content (AvgIpc) is 3.50. The molecule has 1 atom stereocenters. The minimum atomic E-state index is -0.631. The number of esters is 1. The maximum atomic E-state index is 12.2. The molecular weight excluding hydrogens is 392 g/mol. The van der Waals surface area contributed by atoms with E-state index in [1.807, 2.05) is 18.2 Å². The molecule has 0 aliphatic carbocycles. The van der Waals surface area contributed by atoms with E-state index in [0.717, 1.165) is 0 Å². The van der Waals surface area contributed by atoms with Gasteiger partial charge in [0.05, 0.1) is 18.7 Å². The van der Waals surface area contributed by atoms with Crippen molar-refractivity contribution < 1.29 is 28.0 Å². The zero-order valence-electron chi connectivity index (χ0n) is 15.8. The van der Waals surface area contributed by atoms with E-state index in [4.69, 9.17) is 13.6 Å². The summed E-state index contributed by atoms with van der Waals surface area (Å²) in [5, 5.41) is 9.98. The van der Waals surface area contributed by atoms with Gasteiger partial charge in [0.25, 0.3) is 5.91 Å². The second kappa shape index (κ2) is 8.60. The molecule has 3 aromatic rings. The quantitative estimate of drug-likeness (QED) is 0.585. The lowest BCUT2D eigenvalue weighted by Crippen LogP contribution is -2.28. The number of hydrogen-bond donors (Lipinski definition) is 1. The summed E-state index contributed by atoms with van der Waals surface area (Å²) in [6.07, 6.45) is 1.55. The number of hydrogen-bond acceptors (Lipinski definition) is 8. The Balaban J connectivity index is 1.24. The van der Waals surface area contributed by atoms with E-state index < -0.39 is 24.4 Å². The maximum Gasteiger partial charge on any atom is 0.322 e. The molecule has 0 radical (unpaired) electrons. The minimum absolute atomic E-state index is 0.0330. The van der Waals surface area contributed by atoms with Crippen molar-refractivity contribution in [1.29, 1.82) is 0 Å². The van der Waals surface area contributed by atoms with E-state index in [-0.39, 0.29) is 37.3 Å². The number of likely N-dealkylation sites (tertiary alicyclic amines) is 1. The number of nitrogens with one attached hydrogen (secondary N) is 1. The fraction of sp³-hybridized carbons (Fsp3) is 0.250. The number of carbonyl (C=O) groups is 3. The van der Waals surface area contributed by atoms with Gasteiger partial charge in [-0.1, -0.05) is 23.3 Å². The SMILES string of the molecule is O=C(COC(=O)[C@@H]1CC(=O)N(Cc2ccco2)C1)Nc1nnc(-c2ccccc2)o1. The van der Waals surface area contributed by atoms with Gasteiger partial charge in [0, 0.05) is 18.5 Å². The lowest BCUT2D eigenvalue weighted by atomic mass is 10.1. The Morgan fingerprint density at radius 1 is 1.17 bits per heavy atom. The number of anilines is 1. The predicted molar refractivity (Wildman–Crippen MR) is 102 cm³/mol. The number of carbonyl (C=O) groups excluding carboxylic acids is 3. The third kappa shape index (κ3) is 4.54. The Labute approximate surface area is 170 Å². The molecule has 2 amide bonds. The van der Waals surface area contributed by atoms with Crippen LogP contribution in [0.15, 0.2) is 57.6 Å². The minimum Gasteiger partial charge on any atom is -0.467 e. The van der Waals surface area contributed by atoms with Gasteiger partial charge in [0.2, 0.25) is 11.8 Å². The molecule has 0 unspecified atom stereocenters. The Hall–Kier alpha value is -3.95. The van der Waals surface area contributed by atoms with Crippen LogP contribution in [0.25, 0.3) is 11.5 Å². The highest BCUT2D eigenvalue weighted by atomic mass is 16.5. The van der Waals surface area contributed by atoms with Crippen molar-refractivity contribution in [3.8, 4) is 11.5 Å². The highest BCUT2D eigenvalue weighted by Gasteiger charge is 2.36. The van der Waals surface area contributed by atoms with Gasteiger partial charge in [0.15, 0.2) is 6.61 Å². The molecule has 154 valence electrons. The lowest BCUT2D eigenvalue weighted by Gasteiger charge is -2.14. The topological polar surface area (TPSA) is 128 Å². The maximum absolute atomic E-state index is 12.2. The van der Waals surface area contributed by atoms with Crippen LogP contribution in [0.2, 0.25) is 0 Å². The van der Waals surface area contributed by atoms with Crippen molar-refractivity contribution >= 4 is 23.8 Å². The number of ether oxygens (including phenoxy) is 1. The van der Waals surface area contributed by atoms with Crippen molar-refractivity contribution in [3.05, 3.63) is 54.5 Å². The Morgan fingerprint density at radius 2 is 2.00 bits per heavy atom. The van der Waals surface area contributed by atoms with Gasteiger partial charge in [-0.3, -0.25) is 19.7 Å². The van der Waals surface area contributed by atoms with Crippen molar-refractivity contribution in [1.82, 2.24) is 15.1 Å². The molecule has 1 N–H and O–H groups in total. The van der Waals surface area contributed by atoms with Gasteiger partial charge < -0.3 is 18.5 Å². The van der Waals surface area contributed by atoms with E-state index >= 15 is 0 Å². The second-order valence-corrected chi connectivity index (χ2v) is 6.69. The van der Waals surface area contributed by atoms with Crippen LogP contribution in [0.4, 0.5) is 6.01 Å². The molecule has 1 aliphatic rings. The normalized spacial score (nSPS) is 15.9. The summed E-state index contributed by atoms with van der Waals surface area (Å²) in [5.41, 5.74) is 0.710. The first-order chi connectivity index (χ1) is 14.6. The fourth-order valence-electron chi connectivity index (χ4n) is 3.05. The summed E-state index contributed by atoms with van der Waals surface area (Å²) in [6, 6.07) is 12.5. The van der Waals surface area contributed by atoms with Gasteiger partial charge in [-0.2, -0.15) is 0 Å². The third-order valence-electron chi connectivity index (χ3n) is 4.51. The molecule has 10 heteroatoms. The van der Waals surface area contributed by atoms with E-state index in [1.54, 1.807) is 24.3 Å². The van der Waals surface area contributed by atoms with Crippen LogP contribution in [0.5, 0.6) is 0 Å². The molecule has 3 heterocycles. The van der Waals surface area contributed by atoms with Crippen LogP contribution in [0.1, 0.15) is 12.2 Å². The summed E-state index contributed by atoms with van der Waals surface area (Å²) in [5.74, 6) is -1.15. The van der Waals surface area contributed by atoms with E-state index in [9.17, 15) is 14.4 Å². The molecule has 1 aromatic carbocycles. The molecular formula is C20H18N4O6. The molecule has 10 nitrogen and oxygen atoms in total. The smallest absolute Gasteiger partial charge is 0.322 e. The number of rotatable bonds is 7. The summed E-state index contributed by atoms with van der Waals surface area (Å²) >= 11 is 0. The van der Waals surface area contributed by atoms with Gasteiger partial charge in [-0.15, -0.1) is 5.10 Å². The predicted octanol–water partition coefficient (Wildman–Crippen LogP) is 1.86. The molecule has 1 saturated heterocycles. The third-order valence-corrected chi connectivity index (χ3v) is 4.51. The highest BCUT2D eigenvalue weighted by molar-refractivity contribution is 5.92. The van der Waals surface area contributed by atoms with Gasteiger partial charge in [-0.25, -0.2) is 0 Å². The fourth-order valence-corrected chi connectivity index (χ4v) is 3.05. The van der Waals surface area contributed by atoms with Crippen LogP contribution in [0.3, 0.4) is 0 Å². The first kappa shape index (κ1) is 19.4. The number of aromatic nitrogens is 2. The summed E-state index contributed by atoms with van der Waals surface area (Å²) < 4.78 is 15.6. The summed E-state index contributed by atoms with van der Waals surface area (Å²) in [6.45, 7) is -0.0220. The van der Waals surface area contributed by atoms with Crippen LogP contribution in [-0.4, -0.2) is 46.0 Å². The van der Waals surface area contributed by atoms with Crippen LogP contribution in [0, 0.1) is 5.92 Å². The van der Waals surface area contributed by atoms with Crippen LogP contribution >= 0.6 is 0 Å². The Kier molecular flexibility index (Phi) is 5.55. The highest BCUT2D eigenvalue weighted by Crippen LogP contribution is 2.22. The standard InChI is InChI=1S/C20H18N4O6/c25-16(21-20-23-22-18(30-20)13-5-2-1-3-6-13)12-29-19(27)14-9-17(26)24(10-14)11-15-7-4-8-28-15/h1-8,14H,9-12H2,(H,21,23,25)/t14-/m1/s1. The Morgan fingerprint density at radius 3 is 2.77 bits per heavy atom. The molecule has 0 spiro atoms. The van der Waals surface area contributed by atoms with Gasteiger partial charge >= 0.3 is 12.0 Å². The second-order valence-electron chi connectivity index (χ2n) is 6.69. The van der Waals surface area contributed by atoms with Crippen LogP contribution in [-0.2, 0) is 25.7 Å². The molecule has 0 bridgehead atoms. The molecule has 1 aliphatic heterocycles. The largest absolute Gasteiger partial charge is 0.467 e. The number of furan rings is 1. The van der Waals surface area contributed by atoms with Gasteiger partial charge in [-0.05, 0) is 24.3 Å². The number of nitrogens with zero attached hydrogens (tertiary/aromatic N) is 3. The van der Waals surface area contributed by atoms with Crippen molar-refractivity contribution in [2.75, 3.05) is 18.5 Å². The van der Waals surface area contributed by atoms with Crippen molar-refractivity contribution in [2.45, 2.75) is 13.0 Å². The van der Waals surface area contributed by atoms with E-state index in [0.29, 0.717) is 11.3 Å². The molecule has 4 rings (SSSR count). The number of benzene rings is 1. The molecule has 1 fully saturated rings. The Bertz CT molecular complexity index is 1030. The van der Waals surface area contributed by atoms with Crippen LogP contribution < -0.4 is 5.32 Å².